The van der Waals surface area contributed by atoms with Crippen molar-refractivity contribution >= 4 is 6.09 Å². The smallest absolute Gasteiger partial charge is 0.410 e. The Kier molecular flexibility index (Phi) is 7.04. The van der Waals surface area contributed by atoms with Crippen molar-refractivity contribution in [2.24, 2.45) is 0 Å². The minimum absolute atomic E-state index is 0.139. The van der Waals surface area contributed by atoms with Crippen LogP contribution in [0.1, 0.15) is 35.6 Å². The maximum atomic E-state index is 12.5. The number of amides is 1. The van der Waals surface area contributed by atoms with Crippen LogP contribution in [0.25, 0.3) is 0 Å². The lowest BCUT2D eigenvalue weighted by molar-refractivity contribution is 0.0645. The number of aryl methyl sites for hydroxylation is 2. The molecule has 0 saturated heterocycles. The molecule has 0 aliphatic heterocycles. The number of phenols is 1. The number of benzene rings is 2. The second kappa shape index (κ2) is 9.25. The Morgan fingerprint density at radius 2 is 1.81 bits per heavy atom. The molecule has 5 heteroatoms. The Bertz CT molecular complexity index is 730. The fraction of sp³-hybridized carbons (Fsp3) is 0.381. The number of hydrogen-bond acceptors (Lipinski definition) is 4. The van der Waals surface area contributed by atoms with E-state index in [9.17, 15) is 15.0 Å². The van der Waals surface area contributed by atoms with Crippen LogP contribution in [-0.2, 0) is 17.9 Å². The summed E-state index contributed by atoms with van der Waals surface area (Å²) >= 11 is 0. The molecule has 0 saturated carbocycles. The first-order valence-electron chi connectivity index (χ1n) is 8.83. The summed E-state index contributed by atoms with van der Waals surface area (Å²) in [6.45, 7) is 6.22. The van der Waals surface area contributed by atoms with Gasteiger partial charge in [-0.2, -0.15) is 0 Å². The number of nitrogens with zero attached hydrogens (tertiary/aromatic N) is 1. The van der Waals surface area contributed by atoms with Gasteiger partial charge in [0.2, 0.25) is 0 Å². The summed E-state index contributed by atoms with van der Waals surface area (Å²) in [5.41, 5.74) is 3.54. The quantitative estimate of drug-likeness (QED) is 0.788. The highest BCUT2D eigenvalue weighted by molar-refractivity contribution is 5.68. The standard InChI is InChI=1S/C21H27NO4/c1-4-19(23)13-22(12-18-10-15(2)16(3)11-20(18)24)21(25)26-14-17-8-6-5-7-9-17/h5-11,19,23-24H,4,12-14H2,1-3H3/t19-/m0/s1. The van der Waals surface area contributed by atoms with Gasteiger partial charge in [-0.05, 0) is 43.0 Å². The molecule has 0 aliphatic carbocycles. The van der Waals surface area contributed by atoms with Crippen LogP contribution in [-0.4, -0.2) is 33.9 Å². The highest BCUT2D eigenvalue weighted by Gasteiger charge is 2.20. The molecule has 2 aromatic carbocycles. The van der Waals surface area contributed by atoms with E-state index in [1.54, 1.807) is 6.07 Å². The Morgan fingerprint density at radius 3 is 2.46 bits per heavy atom. The van der Waals surface area contributed by atoms with Crippen LogP contribution in [0.15, 0.2) is 42.5 Å². The van der Waals surface area contributed by atoms with Gasteiger partial charge in [0.1, 0.15) is 12.4 Å². The van der Waals surface area contributed by atoms with E-state index >= 15 is 0 Å². The summed E-state index contributed by atoms with van der Waals surface area (Å²) in [4.78, 5) is 14.0. The van der Waals surface area contributed by atoms with E-state index in [-0.39, 0.29) is 25.4 Å². The van der Waals surface area contributed by atoms with Gasteiger partial charge >= 0.3 is 6.09 Å². The number of carbonyl (C=O) groups is 1. The molecule has 0 aromatic heterocycles. The Balaban J connectivity index is 2.12. The Labute approximate surface area is 154 Å². The molecule has 0 unspecified atom stereocenters. The van der Waals surface area contributed by atoms with Crippen molar-refractivity contribution in [3.05, 3.63) is 64.7 Å². The van der Waals surface area contributed by atoms with Gasteiger partial charge in [-0.25, -0.2) is 4.79 Å². The minimum Gasteiger partial charge on any atom is -0.508 e. The third-order valence-electron chi connectivity index (χ3n) is 4.42. The highest BCUT2D eigenvalue weighted by Crippen LogP contribution is 2.24. The third-order valence-corrected chi connectivity index (χ3v) is 4.42. The molecule has 2 aromatic rings. The molecule has 1 amide bonds. The molecule has 2 rings (SSSR count). The fourth-order valence-corrected chi connectivity index (χ4v) is 2.59. The maximum absolute atomic E-state index is 12.5. The van der Waals surface area contributed by atoms with E-state index in [4.69, 9.17) is 4.74 Å². The topological polar surface area (TPSA) is 70.0 Å². The zero-order valence-corrected chi connectivity index (χ0v) is 15.6. The predicted octanol–water partition coefficient (Wildman–Crippen LogP) is 3.92. The molecule has 0 aliphatic rings. The number of phenolic OH excluding ortho intramolecular Hbond substituents is 1. The number of aliphatic hydroxyl groups is 1. The highest BCUT2D eigenvalue weighted by atomic mass is 16.6. The molecule has 140 valence electrons. The minimum atomic E-state index is -0.645. The summed E-state index contributed by atoms with van der Waals surface area (Å²) in [5.74, 6) is 0.139. The van der Waals surface area contributed by atoms with Crippen molar-refractivity contribution in [1.82, 2.24) is 4.90 Å². The van der Waals surface area contributed by atoms with Gasteiger partial charge in [0.25, 0.3) is 0 Å². The van der Waals surface area contributed by atoms with E-state index in [1.165, 1.54) is 4.90 Å². The number of carbonyl (C=O) groups excluding carboxylic acids is 1. The lowest BCUT2D eigenvalue weighted by Gasteiger charge is -2.25. The molecule has 0 bridgehead atoms. The lowest BCUT2D eigenvalue weighted by Crippen LogP contribution is -2.37. The van der Waals surface area contributed by atoms with Gasteiger partial charge in [0, 0.05) is 5.56 Å². The molecule has 1 atom stereocenters. The summed E-state index contributed by atoms with van der Waals surface area (Å²) in [5, 5.41) is 20.2. The van der Waals surface area contributed by atoms with Crippen molar-refractivity contribution in [3.8, 4) is 5.75 Å². The van der Waals surface area contributed by atoms with Crippen LogP contribution < -0.4 is 0 Å². The van der Waals surface area contributed by atoms with Crippen molar-refractivity contribution in [1.29, 1.82) is 0 Å². The van der Waals surface area contributed by atoms with Crippen LogP contribution in [0.3, 0.4) is 0 Å². The maximum Gasteiger partial charge on any atom is 0.410 e. The molecule has 5 nitrogen and oxygen atoms in total. The number of aliphatic hydroxyl groups excluding tert-OH is 1. The lowest BCUT2D eigenvalue weighted by atomic mass is 10.0. The molecular formula is C21H27NO4. The average molecular weight is 357 g/mol. The van der Waals surface area contributed by atoms with Crippen molar-refractivity contribution < 1.29 is 19.7 Å². The van der Waals surface area contributed by atoms with Gasteiger partial charge in [0.15, 0.2) is 0 Å². The summed E-state index contributed by atoms with van der Waals surface area (Å²) < 4.78 is 5.40. The molecule has 26 heavy (non-hydrogen) atoms. The normalized spacial score (nSPS) is 11.8. The summed E-state index contributed by atoms with van der Waals surface area (Å²) in [6, 6.07) is 13.0. The molecule has 0 radical (unpaired) electrons. The van der Waals surface area contributed by atoms with Crippen LogP contribution in [0.4, 0.5) is 4.79 Å². The van der Waals surface area contributed by atoms with Gasteiger partial charge in [-0.15, -0.1) is 0 Å². The first-order valence-corrected chi connectivity index (χ1v) is 8.83. The molecule has 2 N–H and O–H groups in total. The first-order chi connectivity index (χ1) is 12.4. The molecule has 0 heterocycles. The van der Waals surface area contributed by atoms with E-state index in [0.717, 1.165) is 16.7 Å². The largest absolute Gasteiger partial charge is 0.508 e. The Hall–Kier alpha value is -2.53. The van der Waals surface area contributed by atoms with Gasteiger partial charge in [-0.1, -0.05) is 43.3 Å². The van der Waals surface area contributed by atoms with Gasteiger partial charge < -0.3 is 19.8 Å². The van der Waals surface area contributed by atoms with Crippen molar-refractivity contribution in [2.45, 2.75) is 46.4 Å². The fourth-order valence-electron chi connectivity index (χ4n) is 2.59. The predicted molar refractivity (Wildman–Crippen MR) is 101 cm³/mol. The number of aromatic hydroxyl groups is 1. The molecule has 0 spiro atoms. The van der Waals surface area contributed by atoms with Crippen molar-refractivity contribution in [2.75, 3.05) is 6.54 Å². The van der Waals surface area contributed by atoms with Gasteiger partial charge in [0.05, 0.1) is 19.2 Å². The summed E-state index contributed by atoms with van der Waals surface area (Å²) in [6.07, 6.45) is -0.631. The zero-order valence-electron chi connectivity index (χ0n) is 15.6. The van der Waals surface area contributed by atoms with E-state index in [0.29, 0.717) is 12.0 Å². The Morgan fingerprint density at radius 1 is 1.15 bits per heavy atom. The van der Waals surface area contributed by atoms with Crippen molar-refractivity contribution in [3.63, 3.8) is 0 Å². The van der Waals surface area contributed by atoms with Gasteiger partial charge in [-0.3, -0.25) is 0 Å². The SMILES string of the molecule is CC[C@H](O)CN(Cc1cc(C)c(C)cc1O)C(=O)OCc1ccccc1. The second-order valence-corrected chi connectivity index (χ2v) is 6.55. The van der Waals surface area contributed by atoms with E-state index in [1.807, 2.05) is 57.2 Å². The van der Waals surface area contributed by atoms with Crippen LogP contribution in [0.5, 0.6) is 5.75 Å². The number of hydrogen-bond donors (Lipinski definition) is 2. The van der Waals surface area contributed by atoms with Crippen LogP contribution in [0.2, 0.25) is 0 Å². The first kappa shape index (κ1) is 19.8. The number of rotatable bonds is 7. The second-order valence-electron chi connectivity index (χ2n) is 6.55. The van der Waals surface area contributed by atoms with Crippen LogP contribution in [0, 0.1) is 13.8 Å². The monoisotopic (exact) mass is 357 g/mol. The average Bonchev–Trinajstić information content (AvgIpc) is 2.64. The number of ether oxygens (including phenoxy) is 1. The van der Waals surface area contributed by atoms with E-state index in [2.05, 4.69) is 0 Å². The van der Waals surface area contributed by atoms with E-state index < -0.39 is 12.2 Å². The zero-order chi connectivity index (χ0) is 19.1. The molecule has 0 fully saturated rings. The summed E-state index contributed by atoms with van der Waals surface area (Å²) in [7, 11) is 0. The molecular weight excluding hydrogens is 330 g/mol. The third kappa shape index (κ3) is 5.49. The van der Waals surface area contributed by atoms with Crippen LogP contribution >= 0.6 is 0 Å².